The van der Waals surface area contributed by atoms with Gasteiger partial charge in [0, 0.05) is 19.6 Å². The van der Waals surface area contributed by atoms with E-state index in [9.17, 15) is 19.5 Å². The third-order valence-corrected chi connectivity index (χ3v) is 8.26. The Morgan fingerprint density at radius 2 is 1.65 bits per heavy atom. The van der Waals surface area contributed by atoms with Gasteiger partial charge in [-0.3, -0.25) is 4.79 Å². The number of urea groups is 1. The molecule has 192 valence electrons. The van der Waals surface area contributed by atoms with E-state index in [1.54, 1.807) is 21.1 Å². The van der Waals surface area contributed by atoms with Gasteiger partial charge in [-0.1, -0.05) is 60.7 Å². The number of benzene rings is 2. The summed E-state index contributed by atoms with van der Waals surface area (Å²) in [4.78, 5) is 45.6. The summed E-state index contributed by atoms with van der Waals surface area (Å²) in [5, 5.41) is 14.4. The molecule has 0 unspecified atom stereocenters. The van der Waals surface area contributed by atoms with Gasteiger partial charge in [0.1, 0.15) is 6.04 Å². The van der Waals surface area contributed by atoms with Gasteiger partial charge in [-0.05, 0) is 53.3 Å². The maximum Gasteiger partial charge on any atom is 0.328 e. The van der Waals surface area contributed by atoms with Gasteiger partial charge in [-0.2, -0.15) is 11.3 Å². The molecule has 5 rings (SSSR count). The van der Waals surface area contributed by atoms with Crippen LogP contribution in [-0.2, 0) is 16.1 Å². The highest BCUT2D eigenvalue weighted by atomic mass is 32.1. The number of carboxylic acids is 1. The molecule has 7 nitrogen and oxygen atoms in total. The Hall–Kier alpha value is -3.65. The minimum absolute atomic E-state index is 0.151. The zero-order valence-electron chi connectivity index (χ0n) is 20.8. The van der Waals surface area contributed by atoms with Crippen LogP contribution in [0, 0.1) is 0 Å². The maximum absolute atomic E-state index is 14.2. The van der Waals surface area contributed by atoms with Crippen molar-refractivity contribution in [3.05, 3.63) is 94.2 Å². The minimum Gasteiger partial charge on any atom is -0.480 e. The van der Waals surface area contributed by atoms with Crippen LogP contribution in [0.3, 0.4) is 0 Å². The second-order valence-electron chi connectivity index (χ2n) is 9.66. The maximum atomic E-state index is 14.2. The van der Waals surface area contributed by atoms with Gasteiger partial charge in [-0.25, -0.2) is 9.59 Å². The Morgan fingerprint density at radius 1 is 1.00 bits per heavy atom. The van der Waals surface area contributed by atoms with Gasteiger partial charge >= 0.3 is 12.0 Å². The quantitative estimate of drug-likeness (QED) is 0.495. The predicted octanol–water partition coefficient (Wildman–Crippen LogP) is 4.65. The van der Waals surface area contributed by atoms with Crippen molar-refractivity contribution in [3.8, 4) is 0 Å². The fourth-order valence-electron chi connectivity index (χ4n) is 5.79. The molecular weight excluding hydrogens is 486 g/mol. The van der Waals surface area contributed by atoms with E-state index in [4.69, 9.17) is 0 Å². The van der Waals surface area contributed by atoms with Crippen molar-refractivity contribution in [1.29, 1.82) is 0 Å². The van der Waals surface area contributed by atoms with E-state index in [-0.39, 0.29) is 24.5 Å². The summed E-state index contributed by atoms with van der Waals surface area (Å²) in [5.74, 6) is -1.92. The van der Waals surface area contributed by atoms with E-state index in [0.29, 0.717) is 25.9 Å². The Kier molecular flexibility index (Phi) is 7.28. The molecule has 1 aromatic heterocycles. The fraction of sp³-hybridized carbons (Fsp3) is 0.345. The summed E-state index contributed by atoms with van der Waals surface area (Å²) in [6.07, 6.45) is 1.25. The third-order valence-electron chi connectivity index (χ3n) is 7.53. The molecule has 3 heterocycles. The van der Waals surface area contributed by atoms with Gasteiger partial charge < -0.3 is 19.8 Å². The second-order valence-corrected chi connectivity index (χ2v) is 10.4. The first-order chi connectivity index (χ1) is 18.0. The topological polar surface area (TPSA) is 81.2 Å². The van der Waals surface area contributed by atoms with Crippen LogP contribution >= 0.6 is 11.3 Å². The molecule has 8 heteroatoms. The van der Waals surface area contributed by atoms with Crippen molar-refractivity contribution in [2.24, 2.45) is 0 Å². The molecule has 2 fully saturated rings. The van der Waals surface area contributed by atoms with Gasteiger partial charge in [0.25, 0.3) is 0 Å². The number of likely N-dealkylation sites (tertiary alicyclic amines) is 1. The van der Waals surface area contributed by atoms with Crippen LogP contribution in [0.25, 0.3) is 0 Å². The summed E-state index contributed by atoms with van der Waals surface area (Å²) in [7, 11) is 0. The first kappa shape index (κ1) is 25.0. The highest BCUT2D eigenvalue weighted by Crippen LogP contribution is 2.38. The number of thiophene rings is 1. The zero-order valence-corrected chi connectivity index (χ0v) is 21.6. The van der Waals surface area contributed by atoms with Crippen LogP contribution < -0.4 is 0 Å². The summed E-state index contributed by atoms with van der Waals surface area (Å²) in [6, 6.07) is 19.0. The van der Waals surface area contributed by atoms with Crippen LogP contribution in [0.2, 0.25) is 0 Å². The van der Waals surface area contributed by atoms with Crippen molar-refractivity contribution in [1.82, 2.24) is 14.7 Å². The van der Waals surface area contributed by atoms with Crippen LogP contribution in [0.4, 0.5) is 4.79 Å². The number of amides is 3. The van der Waals surface area contributed by atoms with Gasteiger partial charge in [0.2, 0.25) is 5.91 Å². The Labute approximate surface area is 220 Å². The second kappa shape index (κ2) is 10.8. The van der Waals surface area contributed by atoms with E-state index in [1.165, 1.54) is 4.90 Å². The van der Waals surface area contributed by atoms with Crippen molar-refractivity contribution < 1.29 is 19.5 Å². The lowest BCUT2D eigenvalue weighted by molar-refractivity contribution is -0.156. The number of piperazine rings is 1. The Morgan fingerprint density at radius 3 is 2.19 bits per heavy atom. The predicted molar refractivity (Wildman–Crippen MR) is 142 cm³/mol. The lowest BCUT2D eigenvalue weighted by Crippen LogP contribution is -2.66. The van der Waals surface area contributed by atoms with E-state index >= 15 is 0 Å². The highest BCUT2D eigenvalue weighted by molar-refractivity contribution is 7.07. The molecule has 2 aliphatic heterocycles. The standard InChI is InChI=1S/C29H31N3O4S/c1-2-30(17-20-15-16-37-19-20)29(36)32-23-13-14-24(32)26(28(34)35)31(18-23)27(33)25(21-9-5-3-6-10-21)22-11-7-4-8-12-22/h3-12,15-16,19,23-26H,2,13-14,17-18H2,1H3,(H,34,35)/t23-,24+,26-/m0/s1. The van der Waals surface area contributed by atoms with Crippen molar-refractivity contribution in [2.75, 3.05) is 13.1 Å². The monoisotopic (exact) mass is 517 g/mol. The molecule has 2 aromatic carbocycles. The van der Waals surface area contributed by atoms with Crippen LogP contribution in [0.1, 0.15) is 42.4 Å². The Balaban J connectivity index is 1.45. The lowest BCUT2D eigenvalue weighted by atomic mass is 9.88. The number of nitrogens with zero attached hydrogens (tertiary/aromatic N) is 3. The number of fused-ring (bicyclic) bond motifs is 2. The fourth-order valence-corrected chi connectivity index (χ4v) is 6.45. The van der Waals surface area contributed by atoms with E-state index in [2.05, 4.69) is 0 Å². The zero-order chi connectivity index (χ0) is 25.9. The van der Waals surface area contributed by atoms with Crippen LogP contribution in [-0.4, -0.2) is 68.9 Å². The van der Waals surface area contributed by atoms with Gasteiger partial charge in [0.15, 0.2) is 0 Å². The molecule has 0 saturated carbocycles. The molecule has 3 aromatic rings. The SMILES string of the molecule is CCN(Cc1ccsc1)C(=O)N1[C@H]2CC[C@@H]1[C@@H](C(=O)O)N(C(=O)C(c1ccccc1)c1ccccc1)C2. The van der Waals surface area contributed by atoms with Gasteiger partial charge in [0.05, 0.1) is 18.0 Å². The average molecular weight is 518 g/mol. The van der Waals surface area contributed by atoms with E-state index < -0.39 is 24.0 Å². The minimum atomic E-state index is -1.09. The highest BCUT2D eigenvalue weighted by Gasteiger charge is 2.54. The van der Waals surface area contributed by atoms with Gasteiger partial charge in [-0.15, -0.1) is 0 Å². The molecule has 2 saturated heterocycles. The lowest BCUT2D eigenvalue weighted by Gasteiger charge is -2.47. The number of aliphatic carboxylic acids is 1. The summed E-state index contributed by atoms with van der Waals surface area (Å²) in [6.45, 7) is 3.16. The first-order valence-corrected chi connectivity index (χ1v) is 13.6. The molecular formula is C29H31N3O4S. The van der Waals surface area contributed by atoms with Crippen LogP contribution in [0.15, 0.2) is 77.5 Å². The van der Waals surface area contributed by atoms with E-state index in [0.717, 1.165) is 16.7 Å². The smallest absolute Gasteiger partial charge is 0.328 e. The van der Waals surface area contributed by atoms with Crippen LogP contribution in [0.5, 0.6) is 0 Å². The van der Waals surface area contributed by atoms with Crippen molar-refractivity contribution >= 4 is 29.2 Å². The molecule has 0 spiro atoms. The largest absolute Gasteiger partial charge is 0.480 e. The molecule has 3 amide bonds. The third kappa shape index (κ3) is 4.85. The Bertz CT molecular complexity index is 1200. The number of rotatable bonds is 7. The molecule has 1 N–H and O–H groups in total. The first-order valence-electron chi connectivity index (χ1n) is 12.7. The summed E-state index contributed by atoms with van der Waals surface area (Å²) < 4.78 is 0. The number of carbonyl (C=O) groups is 3. The number of carboxylic acid groups (broad SMARTS) is 1. The molecule has 2 aliphatic rings. The van der Waals surface area contributed by atoms with Crippen molar-refractivity contribution in [3.63, 3.8) is 0 Å². The van der Waals surface area contributed by atoms with Crippen molar-refractivity contribution in [2.45, 2.75) is 50.4 Å². The molecule has 2 bridgehead atoms. The normalized spacial score (nSPS) is 20.8. The van der Waals surface area contributed by atoms with E-state index in [1.807, 2.05) is 84.4 Å². The summed E-state index contributed by atoms with van der Waals surface area (Å²) >= 11 is 1.59. The summed E-state index contributed by atoms with van der Waals surface area (Å²) in [5.41, 5.74) is 2.70. The molecule has 0 aliphatic carbocycles. The molecule has 3 atom stereocenters. The average Bonchev–Trinajstić information content (AvgIpc) is 3.54. The number of hydrogen-bond acceptors (Lipinski definition) is 4. The molecule has 0 radical (unpaired) electrons. The number of carbonyl (C=O) groups excluding carboxylic acids is 2. The molecule has 37 heavy (non-hydrogen) atoms. The number of hydrogen-bond donors (Lipinski definition) is 1.